The molecule has 0 spiro atoms. The molecule has 4 nitrogen and oxygen atoms in total. The first-order valence-electron chi connectivity index (χ1n) is 12.4. The molecule has 0 aliphatic carbocycles. The number of amides is 2. The third-order valence-electron chi connectivity index (χ3n) is 6.35. The molecule has 0 radical (unpaired) electrons. The molecule has 0 aliphatic rings. The third-order valence-corrected chi connectivity index (χ3v) is 6.59. The summed E-state index contributed by atoms with van der Waals surface area (Å²) in [5.74, 6) is -0.211. The van der Waals surface area contributed by atoms with E-state index in [2.05, 4.69) is 29.6 Å². The summed E-state index contributed by atoms with van der Waals surface area (Å²) in [5, 5.41) is 5.85. The Morgan fingerprint density at radius 2 is 1.56 bits per heavy atom. The number of nitrogens with one attached hydrogen (secondary N) is 1. The zero-order valence-corrected chi connectivity index (χ0v) is 21.2. The fourth-order valence-electron chi connectivity index (χ4n) is 4.57. The molecule has 4 aromatic carbocycles. The van der Waals surface area contributed by atoms with Gasteiger partial charge in [-0.1, -0.05) is 96.5 Å². The number of likely N-dealkylation sites (N-methyl/N-ethyl adjacent to an activating group) is 1. The molecule has 1 N–H and O–H groups in total. The van der Waals surface area contributed by atoms with Crippen molar-refractivity contribution >= 4 is 34.2 Å². The topological polar surface area (TPSA) is 49.4 Å². The van der Waals surface area contributed by atoms with Crippen molar-refractivity contribution in [2.24, 2.45) is 0 Å². The molecule has 0 fully saturated rings. The van der Waals surface area contributed by atoms with Crippen molar-refractivity contribution in [2.75, 3.05) is 6.54 Å². The molecule has 0 aromatic heterocycles. The maximum atomic E-state index is 13.8. The number of hydrogen-bond donors (Lipinski definition) is 1. The monoisotopic (exact) mass is 498 g/mol. The molecule has 0 bridgehead atoms. The highest BCUT2D eigenvalue weighted by Crippen LogP contribution is 2.22. The first-order valence-corrected chi connectivity index (χ1v) is 12.7. The van der Waals surface area contributed by atoms with E-state index in [0.717, 1.165) is 27.5 Å². The summed E-state index contributed by atoms with van der Waals surface area (Å²) in [5.41, 5.74) is 3.02. The minimum Gasteiger partial charge on any atom is -0.355 e. The summed E-state index contributed by atoms with van der Waals surface area (Å²) in [7, 11) is 0. The predicted octanol–water partition coefficient (Wildman–Crippen LogP) is 6.20. The van der Waals surface area contributed by atoms with Crippen LogP contribution in [0, 0.1) is 0 Å². The molecule has 1 unspecified atom stereocenters. The number of benzene rings is 4. The van der Waals surface area contributed by atoms with Crippen molar-refractivity contribution in [2.45, 2.75) is 38.8 Å². The van der Waals surface area contributed by atoms with E-state index in [0.29, 0.717) is 37.4 Å². The van der Waals surface area contributed by atoms with Crippen LogP contribution in [0.5, 0.6) is 0 Å². The summed E-state index contributed by atoms with van der Waals surface area (Å²) < 4.78 is 0. The molecular weight excluding hydrogens is 468 g/mol. The van der Waals surface area contributed by atoms with Crippen molar-refractivity contribution in [3.63, 3.8) is 0 Å². The van der Waals surface area contributed by atoms with E-state index in [9.17, 15) is 9.59 Å². The predicted molar refractivity (Wildman–Crippen MR) is 147 cm³/mol. The van der Waals surface area contributed by atoms with Gasteiger partial charge in [0.15, 0.2) is 0 Å². The molecule has 0 heterocycles. The number of carbonyl (C=O) groups excluding carboxylic acids is 2. The number of halogens is 1. The van der Waals surface area contributed by atoms with E-state index in [1.54, 1.807) is 4.90 Å². The van der Waals surface area contributed by atoms with Gasteiger partial charge in [0.25, 0.3) is 0 Å². The van der Waals surface area contributed by atoms with Gasteiger partial charge in [0.05, 0.1) is 0 Å². The Hall–Kier alpha value is -3.63. The van der Waals surface area contributed by atoms with Gasteiger partial charge in [-0.3, -0.25) is 9.59 Å². The van der Waals surface area contributed by atoms with Crippen molar-refractivity contribution in [1.82, 2.24) is 10.2 Å². The van der Waals surface area contributed by atoms with Crippen LogP contribution in [0.2, 0.25) is 5.02 Å². The number of rotatable bonds is 10. The highest BCUT2D eigenvalue weighted by molar-refractivity contribution is 6.30. The van der Waals surface area contributed by atoms with Crippen molar-refractivity contribution in [1.29, 1.82) is 0 Å². The quantitative estimate of drug-likeness (QED) is 0.283. The first-order chi connectivity index (χ1) is 17.5. The lowest BCUT2D eigenvalue weighted by Gasteiger charge is -2.31. The highest BCUT2D eigenvalue weighted by Gasteiger charge is 2.30. The fourth-order valence-corrected chi connectivity index (χ4v) is 4.79. The number of nitrogens with zero attached hydrogens (tertiary/aromatic N) is 1. The second-order valence-corrected chi connectivity index (χ2v) is 9.33. The van der Waals surface area contributed by atoms with Crippen molar-refractivity contribution < 1.29 is 9.59 Å². The smallest absolute Gasteiger partial charge is 0.243 e. The summed E-state index contributed by atoms with van der Waals surface area (Å²) in [4.78, 5) is 28.8. The number of carbonyl (C=O) groups is 2. The molecule has 0 saturated heterocycles. The molecule has 0 saturated carbocycles. The number of aryl methyl sites for hydroxylation is 1. The van der Waals surface area contributed by atoms with Gasteiger partial charge in [-0.25, -0.2) is 0 Å². The van der Waals surface area contributed by atoms with Crippen molar-refractivity contribution in [3.05, 3.63) is 119 Å². The van der Waals surface area contributed by atoms with Crippen molar-refractivity contribution in [3.8, 4) is 0 Å². The minimum absolute atomic E-state index is 0.0601. The average molecular weight is 499 g/mol. The van der Waals surface area contributed by atoms with Gasteiger partial charge in [0.1, 0.15) is 6.04 Å². The molecule has 36 heavy (non-hydrogen) atoms. The zero-order chi connectivity index (χ0) is 25.3. The molecule has 0 aliphatic heterocycles. The van der Waals surface area contributed by atoms with Crippen LogP contribution in [0.3, 0.4) is 0 Å². The van der Waals surface area contributed by atoms with E-state index < -0.39 is 6.04 Å². The normalized spacial score (nSPS) is 11.7. The Morgan fingerprint density at radius 1 is 0.861 bits per heavy atom. The molecule has 1 atom stereocenters. The SMILES string of the molecule is CCNC(=O)C(Cc1ccccc1)N(Cc1cccc(Cl)c1)C(=O)CCc1cccc2ccccc12. The Kier molecular flexibility index (Phi) is 8.75. The van der Waals surface area contributed by atoms with Crippen LogP contribution < -0.4 is 5.32 Å². The van der Waals surface area contributed by atoms with Crippen LogP contribution in [0.4, 0.5) is 0 Å². The van der Waals surface area contributed by atoms with Crippen LogP contribution in [0.25, 0.3) is 10.8 Å². The Labute approximate surface area is 217 Å². The van der Waals surface area contributed by atoms with E-state index in [-0.39, 0.29) is 11.8 Å². The molecule has 5 heteroatoms. The van der Waals surface area contributed by atoms with Crippen LogP contribution in [-0.2, 0) is 29.0 Å². The van der Waals surface area contributed by atoms with Gasteiger partial charge >= 0.3 is 0 Å². The van der Waals surface area contributed by atoms with Crippen LogP contribution in [-0.4, -0.2) is 29.3 Å². The molecular formula is C31H31ClN2O2. The Morgan fingerprint density at radius 3 is 2.33 bits per heavy atom. The van der Waals surface area contributed by atoms with Gasteiger partial charge in [-0.2, -0.15) is 0 Å². The van der Waals surface area contributed by atoms with Crippen LogP contribution in [0.15, 0.2) is 97.1 Å². The van der Waals surface area contributed by atoms with Gasteiger partial charge in [0.2, 0.25) is 11.8 Å². The molecule has 2 amide bonds. The van der Waals surface area contributed by atoms with Gasteiger partial charge in [-0.15, -0.1) is 0 Å². The Bertz CT molecular complexity index is 1320. The average Bonchev–Trinajstić information content (AvgIpc) is 2.90. The minimum atomic E-state index is -0.633. The standard InChI is InChI=1S/C31H31ClN2O2/c1-2-33-31(36)29(21-23-10-4-3-5-11-23)34(22-24-12-8-16-27(32)20-24)30(35)19-18-26-15-9-14-25-13-6-7-17-28(25)26/h3-17,20,29H,2,18-19,21-22H2,1H3,(H,33,36). The molecule has 184 valence electrons. The summed E-state index contributed by atoms with van der Waals surface area (Å²) in [6.45, 7) is 2.70. The Balaban J connectivity index is 1.63. The van der Waals surface area contributed by atoms with Gasteiger partial charge < -0.3 is 10.2 Å². The fraction of sp³-hybridized carbons (Fsp3) is 0.226. The first kappa shape index (κ1) is 25.5. The third kappa shape index (κ3) is 6.52. The lowest BCUT2D eigenvalue weighted by Crippen LogP contribution is -2.50. The maximum Gasteiger partial charge on any atom is 0.243 e. The van der Waals surface area contributed by atoms with Crippen LogP contribution in [0.1, 0.15) is 30.0 Å². The summed E-state index contributed by atoms with van der Waals surface area (Å²) in [6, 6.07) is 31.1. The van der Waals surface area contributed by atoms with E-state index in [1.807, 2.05) is 79.7 Å². The summed E-state index contributed by atoms with van der Waals surface area (Å²) in [6.07, 6.45) is 1.34. The zero-order valence-electron chi connectivity index (χ0n) is 20.5. The number of fused-ring (bicyclic) bond motifs is 1. The molecule has 4 aromatic rings. The molecule has 4 rings (SSSR count). The lowest BCUT2D eigenvalue weighted by molar-refractivity contribution is -0.141. The van der Waals surface area contributed by atoms with E-state index >= 15 is 0 Å². The number of hydrogen-bond acceptors (Lipinski definition) is 2. The highest BCUT2D eigenvalue weighted by atomic mass is 35.5. The summed E-state index contributed by atoms with van der Waals surface area (Å²) >= 11 is 6.24. The van der Waals surface area contributed by atoms with Gasteiger partial charge in [-0.05, 0) is 52.9 Å². The largest absolute Gasteiger partial charge is 0.355 e. The second kappa shape index (κ2) is 12.4. The maximum absolute atomic E-state index is 13.8. The van der Waals surface area contributed by atoms with Gasteiger partial charge in [0, 0.05) is 31.0 Å². The van der Waals surface area contributed by atoms with Crippen LogP contribution >= 0.6 is 11.6 Å². The lowest BCUT2D eigenvalue weighted by atomic mass is 9.99. The second-order valence-electron chi connectivity index (χ2n) is 8.89. The van der Waals surface area contributed by atoms with E-state index in [4.69, 9.17) is 11.6 Å². The van der Waals surface area contributed by atoms with E-state index in [1.165, 1.54) is 0 Å².